The summed E-state index contributed by atoms with van der Waals surface area (Å²) in [5.74, 6) is -1.33. The Morgan fingerprint density at radius 3 is 2.25 bits per heavy atom. The molecule has 3 aliphatic heterocycles. The third-order valence-corrected chi connectivity index (χ3v) is 9.49. The van der Waals surface area contributed by atoms with Gasteiger partial charge in [-0.2, -0.15) is 0 Å². The number of carbonyl (C=O) groups excluding carboxylic acids is 1. The summed E-state index contributed by atoms with van der Waals surface area (Å²) in [6.07, 6.45) is 3.18. The van der Waals surface area contributed by atoms with Crippen molar-refractivity contribution in [2.45, 2.75) is 82.4 Å². The first-order valence-corrected chi connectivity index (χ1v) is 17.1. The topological polar surface area (TPSA) is 127 Å². The zero-order valence-corrected chi connectivity index (χ0v) is 27.4. The molecule has 1 amide bonds. The normalized spacial score (nSPS) is 22.5. The maximum Gasteiger partial charge on any atom is 0.303 e. The van der Waals surface area contributed by atoms with Crippen LogP contribution in [0.2, 0.25) is 0 Å². The van der Waals surface area contributed by atoms with Gasteiger partial charge in [-0.3, -0.25) is 9.59 Å². The Morgan fingerprint density at radius 2 is 1.54 bits per heavy atom. The molecule has 3 aliphatic rings. The molecule has 3 saturated heterocycles. The first-order valence-electron chi connectivity index (χ1n) is 17.1. The highest BCUT2D eigenvalue weighted by Crippen LogP contribution is 2.39. The van der Waals surface area contributed by atoms with E-state index in [4.69, 9.17) is 24.1 Å². The van der Waals surface area contributed by atoms with Crippen LogP contribution in [0.15, 0.2) is 72.8 Å². The first-order chi connectivity index (χ1) is 23.4. The first kappa shape index (κ1) is 34.2. The standard InChI is InChI=1S/C38H46N2O8/c41-26-27-8-10-30(11-9-27)34-23-33(25-40-18-16-38(17-19-40)45-20-21-46-38)47-37(48-34)31-14-12-29(13-15-31)32-5-3-4-28(22-32)24-39-35(42)6-1-2-7-36(43)44/h3-5,8-15,22,33-34,37,41H,1-2,6-7,16-21,23-26H2,(H,39,42)(H,43,44)/t33-,34+,37+/m0/s1. The Labute approximate surface area is 282 Å². The molecule has 3 aromatic carbocycles. The van der Waals surface area contributed by atoms with Crippen molar-refractivity contribution in [3.05, 3.63) is 95.1 Å². The van der Waals surface area contributed by atoms with E-state index in [1.54, 1.807) is 0 Å². The molecule has 256 valence electrons. The van der Waals surface area contributed by atoms with Crippen molar-refractivity contribution in [1.29, 1.82) is 0 Å². The number of amides is 1. The molecule has 48 heavy (non-hydrogen) atoms. The number of nitrogens with zero attached hydrogens (tertiary/aromatic N) is 1. The van der Waals surface area contributed by atoms with E-state index in [9.17, 15) is 14.7 Å². The molecule has 0 saturated carbocycles. The van der Waals surface area contributed by atoms with Crippen LogP contribution in [0.4, 0.5) is 0 Å². The van der Waals surface area contributed by atoms with Gasteiger partial charge < -0.3 is 39.4 Å². The number of aliphatic carboxylic acids is 1. The zero-order valence-electron chi connectivity index (χ0n) is 27.4. The molecule has 0 radical (unpaired) electrons. The molecule has 1 spiro atoms. The minimum absolute atomic E-state index is 0.00409. The fourth-order valence-corrected chi connectivity index (χ4v) is 6.73. The molecular formula is C38H46N2O8. The average Bonchev–Trinajstić information content (AvgIpc) is 3.58. The molecule has 3 fully saturated rings. The molecule has 3 atom stereocenters. The second-order valence-corrected chi connectivity index (χ2v) is 13.0. The van der Waals surface area contributed by atoms with Crippen LogP contribution in [0.5, 0.6) is 0 Å². The maximum atomic E-state index is 12.2. The predicted octanol–water partition coefficient (Wildman–Crippen LogP) is 5.49. The highest BCUT2D eigenvalue weighted by atomic mass is 16.7. The van der Waals surface area contributed by atoms with Crippen molar-refractivity contribution in [2.24, 2.45) is 0 Å². The molecule has 0 aliphatic carbocycles. The summed E-state index contributed by atoms with van der Waals surface area (Å²) < 4.78 is 25.1. The predicted molar refractivity (Wildman–Crippen MR) is 179 cm³/mol. The summed E-state index contributed by atoms with van der Waals surface area (Å²) in [6.45, 7) is 4.34. The minimum atomic E-state index is -0.838. The van der Waals surface area contributed by atoms with E-state index in [1.165, 1.54) is 0 Å². The number of hydrogen-bond donors (Lipinski definition) is 3. The number of rotatable bonds is 13. The molecule has 0 aromatic heterocycles. The number of carboxylic acid groups (broad SMARTS) is 1. The van der Waals surface area contributed by atoms with Gasteiger partial charge in [-0.1, -0.05) is 66.7 Å². The van der Waals surface area contributed by atoms with Gasteiger partial charge in [-0.15, -0.1) is 0 Å². The van der Waals surface area contributed by atoms with Gasteiger partial charge in [0.15, 0.2) is 12.1 Å². The van der Waals surface area contributed by atoms with Crippen LogP contribution >= 0.6 is 0 Å². The summed E-state index contributed by atoms with van der Waals surface area (Å²) >= 11 is 0. The molecule has 3 N–H and O–H groups in total. The lowest BCUT2D eigenvalue weighted by molar-refractivity contribution is -0.255. The van der Waals surface area contributed by atoms with Gasteiger partial charge in [0.25, 0.3) is 0 Å². The molecular weight excluding hydrogens is 612 g/mol. The molecule has 10 heteroatoms. The number of aliphatic hydroxyl groups is 1. The fraction of sp³-hybridized carbons (Fsp3) is 0.474. The number of aliphatic hydroxyl groups excluding tert-OH is 1. The van der Waals surface area contributed by atoms with Crippen molar-refractivity contribution in [3.8, 4) is 11.1 Å². The monoisotopic (exact) mass is 658 g/mol. The summed E-state index contributed by atoms with van der Waals surface area (Å²) in [7, 11) is 0. The van der Waals surface area contributed by atoms with Gasteiger partial charge in [-0.25, -0.2) is 0 Å². The van der Waals surface area contributed by atoms with Gasteiger partial charge in [0, 0.05) is 63.8 Å². The smallest absolute Gasteiger partial charge is 0.303 e. The summed E-state index contributed by atoms with van der Waals surface area (Å²) in [5, 5.41) is 21.3. The molecule has 10 nitrogen and oxygen atoms in total. The summed E-state index contributed by atoms with van der Waals surface area (Å²) in [6, 6.07) is 24.3. The Morgan fingerprint density at radius 1 is 0.833 bits per heavy atom. The van der Waals surface area contributed by atoms with Crippen molar-refractivity contribution in [1.82, 2.24) is 10.2 Å². The van der Waals surface area contributed by atoms with Crippen LogP contribution < -0.4 is 5.32 Å². The van der Waals surface area contributed by atoms with E-state index in [-0.39, 0.29) is 31.1 Å². The number of piperidine rings is 1. The fourth-order valence-electron chi connectivity index (χ4n) is 6.73. The van der Waals surface area contributed by atoms with Crippen LogP contribution in [0.25, 0.3) is 11.1 Å². The van der Waals surface area contributed by atoms with Gasteiger partial charge in [-0.05, 0) is 46.7 Å². The van der Waals surface area contributed by atoms with Crippen molar-refractivity contribution >= 4 is 11.9 Å². The number of benzene rings is 3. The van der Waals surface area contributed by atoms with E-state index in [1.807, 2.05) is 42.5 Å². The Hall–Kier alpha value is -3.64. The van der Waals surface area contributed by atoms with Crippen molar-refractivity contribution in [3.63, 3.8) is 0 Å². The second kappa shape index (κ2) is 16.2. The Kier molecular flexibility index (Phi) is 11.5. The Balaban J connectivity index is 1.10. The van der Waals surface area contributed by atoms with Crippen LogP contribution in [0.3, 0.4) is 0 Å². The number of unbranched alkanes of at least 4 members (excludes halogenated alkanes) is 1. The number of carbonyl (C=O) groups is 2. The minimum Gasteiger partial charge on any atom is -0.481 e. The van der Waals surface area contributed by atoms with Crippen LogP contribution in [-0.4, -0.2) is 71.7 Å². The van der Waals surface area contributed by atoms with Crippen LogP contribution in [-0.2, 0) is 41.7 Å². The van der Waals surface area contributed by atoms with Crippen LogP contribution in [0.1, 0.15) is 79.6 Å². The SMILES string of the molecule is O=C(O)CCCCC(=O)NCc1cccc(-c2ccc([C@@H]3O[C@H](CN4CCC5(CC4)OCCO5)C[C@H](c4ccc(CO)cc4)O3)cc2)c1. The summed E-state index contributed by atoms with van der Waals surface area (Å²) in [4.78, 5) is 25.3. The van der Waals surface area contributed by atoms with E-state index in [2.05, 4.69) is 40.5 Å². The van der Waals surface area contributed by atoms with Gasteiger partial charge in [0.05, 0.1) is 32.0 Å². The van der Waals surface area contributed by atoms with E-state index < -0.39 is 18.0 Å². The quantitative estimate of drug-likeness (QED) is 0.204. The number of likely N-dealkylation sites (tertiary alicyclic amines) is 1. The molecule has 0 unspecified atom stereocenters. The summed E-state index contributed by atoms with van der Waals surface area (Å²) in [5.41, 5.74) is 5.95. The van der Waals surface area contributed by atoms with Gasteiger partial charge >= 0.3 is 5.97 Å². The Bertz CT molecular complexity index is 1500. The third kappa shape index (κ3) is 9.07. The lowest BCUT2D eigenvalue weighted by atomic mass is 9.98. The second-order valence-electron chi connectivity index (χ2n) is 13.0. The van der Waals surface area contributed by atoms with Gasteiger partial charge in [0.1, 0.15) is 0 Å². The zero-order chi connectivity index (χ0) is 33.3. The largest absolute Gasteiger partial charge is 0.481 e. The van der Waals surface area contributed by atoms with Crippen molar-refractivity contribution in [2.75, 3.05) is 32.8 Å². The van der Waals surface area contributed by atoms with Gasteiger partial charge in [0.2, 0.25) is 5.91 Å². The van der Waals surface area contributed by atoms with Crippen LogP contribution in [0, 0.1) is 0 Å². The van der Waals surface area contributed by atoms with E-state index >= 15 is 0 Å². The van der Waals surface area contributed by atoms with E-state index in [0.717, 1.165) is 72.3 Å². The highest BCUT2D eigenvalue weighted by molar-refractivity contribution is 5.76. The molecule has 3 aromatic rings. The highest BCUT2D eigenvalue weighted by Gasteiger charge is 2.41. The molecule has 6 rings (SSSR count). The van der Waals surface area contributed by atoms with E-state index in [0.29, 0.717) is 39.0 Å². The number of ether oxygens (including phenoxy) is 4. The number of nitrogens with one attached hydrogen (secondary N) is 1. The molecule has 3 heterocycles. The number of carboxylic acids is 1. The lowest BCUT2D eigenvalue weighted by Crippen LogP contribution is -2.48. The maximum absolute atomic E-state index is 12.2. The lowest BCUT2D eigenvalue weighted by Gasteiger charge is -2.41. The number of hydrogen-bond acceptors (Lipinski definition) is 8. The third-order valence-electron chi connectivity index (χ3n) is 9.49. The average molecular weight is 659 g/mol. The van der Waals surface area contributed by atoms with Crippen molar-refractivity contribution < 1.29 is 38.7 Å². The molecule has 0 bridgehead atoms.